The van der Waals surface area contributed by atoms with Crippen molar-refractivity contribution in [2.45, 2.75) is 33.2 Å². The van der Waals surface area contributed by atoms with Crippen molar-refractivity contribution in [2.24, 2.45) is 5.10 Å². The number of hydrogen-bond acceptors (Lipinski definition) is 5. The van der Waals surface area contributed by atoms with Crippen LogP contribution < -0.4 is 9.46 Å². The number of amides is 1. The minimum Gasteiger partial charge on any atom is -0.494 e. The van der Waals surface area contributed by atoms with Crippen molar-refractivity contribution < 1.29 is 17.9 Å². The number of benzene rings is 2. The number of nitrogens with zero attached hydrogens (tertiary/aromatic N) is 2. The van der Waals surface area contributed by atoms with E-state index < -0.39 is 10.0 Å². The van der Waals surface area contributed by atoms with E-state index in [9.17, 15) is 13.2 Å². The highest BCUT2D eigenvalue weighted by Crippen LogP contribution is 2.37. The van der Waals surface area contributed by atoms with Crippen LogP contribution in [0.1, 0.15) is 44.4 Å². The first kappa shape index (κ1) is 20.9. The van der Waals surface area contributed by atoms with Gasteiger partial charge in [-0.3, -0.25) is 9.52 Å². The van der Waals surface area contributed by atoms with Gasteiger partial charge in [-0.05, 0) is 37.6 Å². The van der Waals surface area contributed by atoms with Gasteiger partial charge in [0.2, 0.25) is 15.9 Å². The minimum atomic E-state index is -3.33. The maximum atomic E-state index is 12.2. The fourth-order valence-electron chi connectivity index (χ4n) is 3.24. The van der Waals surface area contributed by atoms with Gasteiger partial charge >= 0.3 is 0 Å². The lowest BCUT2D eigenvalue weighted by Gasteiger charge is -2.22. The second kappa shape index (κ2) is 8.65. The van der Waals surface area contributed by atoms with Gasteiger partial charge in [0.1, 0.15) is 5.75 Å². The van der Waals surface area contributed by atoms with E-state index in [2.05, 4.69) is 9.82 Å². The smallest absolute Gasteiger partial charge is 0.240 e. The Morgan fingerprint density at radius 2 is 1.86 bits per heavy atom. The Kier molecular flexibility index (Phi) is 6.22. The molecule has 0 spiro atoms. The van der Waals surface area contributed by atoms with E-state index in [1.165, 1.54) is 11.9 Å². The molecule has 0 aromatic heterocycles. The van der Waals surface area contributed by atoms with Gasteiger partial charge in [0.05, 0.1) is 24.1 Å². The minimum absolute atomic E-state index is 0.00987. The van der Waals surface area contributed by atoms with E-state index in [1.54, 1.807) is 19.1 Å². The molecule has 7 nitrogen and oxygen atoms in total. The first-order valence-electron chi connectivity index (χ1n) is 9.54. The Morgan fingerprint density at radius 1 is 1.17 bits per heavy atom. The fraction of sp³-hybridized carbons (Fsp3) is 0.333. The number of hydrazone groups is 1. The molecule has 0 radical (unpaired) electrons. The highest BCUT2D eigenvalue weighted by atomic mass is 32.2. The number of nitrogens with one attached hydrogen (secondary N) is 1. The molecule has 1 N–H and O–H groups in total. The molecule has 0 saturated heterocycles. The molecule has 8 heteroatoms. The molecule has 1 aliphatic heterocycles. The van der Waals surface area contributed by atoms with Crippen LogP contribution >= 0.6 is 0 Å². The number of anilines is 1. The maximum Gasteiger partial charge on any atom is 0.240 e. The van der Waals surface area contributed by atoms with Gasteiger partial charge in [0.25, 0.3) is 0 Å². The summed E-state index contributed by atoms with van der Waals surface area (Å²) in [5.41, 5.74) is 3.01. The van der Waals surface area contributed by atoms with Gasteiger partial charge in [-0.1, -0.05) is 30.3 Å². The zero-order chi connectivity index (χ0) is 21.0. The largest absolute Gasteiger partial charge is 0.494 e. The molecule has 154 valence electrons. The number of ether oxygens (including phenoxy) is 1. The Bertz CT molecular complexity index is 1020. The SMILES string of the molecule is CCOc1ccccc1[C@@H]1CC(c2ccc(NS(=O)(=O)CC)cc2)=NN1C(C)=O. The first-order chi connectivity index (χ1) is 13.8. The molecule has 2 aromatic carbocycles. The lowest BCUT2D eigenvalue weighted by molar-refractivity contribution is -0.130. The van der Waals surface area contributed by atoms with Gasteiger partial charge in [0, 0.05) is 24.6 Å². The van der Waals surface area contributed by atoms with Gasteiger partial charge < -0.3 is 4.74 Å². The number of rotatable bonds is 7. The number of hydrogen-bond donors (Lipinski definition) is 1. The van der Waals surface area contributed by atoms with E-state index >= 15 is 0 Å². The Hall–Kier alpha value is -2.87. The average molecular weight is 416 g/mol. The Labute approximate surface area is 171 Å². The summed E-state index contributed by atoms with van der Waals surface area (Å²) in [4.78, 5) is 12.2. The van der Waals surface area contributed by atoms with Crippen LogP contribution in [0.25, 0.3) is 0 Å². The summed E-state index contributed by atoms with van der Waals surface area (Å²) in [5.74, 6) is 0.603. The van der Waals surface area contributed by atoms with Crippen LogP contribution in [0.2, 0.25) is 0 Å². The van der Waals surface area contributed by atoms with E-state index in [4.69, 9.17) is 4.74 Å². The van der Waals surface area contributed by atoms with Crippen molar-refractivity contribution in [1.29, 1.82) is 0 Å². The molecule has 1 atom stereocenters. The number of carbonyl (C=O) groups is 1. The molecule has 0 bridgehead atoms. The average Bonchev–Trinajstić information content (AvgIpc) is 3.14. The van der Waals surface area contributed by atoms with Crippen LogP contribution in [-0.4, -0.2) is 37.4 Å². The van der Waals surface area contributed by atoms with E-state index in [0.717, 1.165) is 22.6 Å². The molecule has 1 amide bonds. The standard InChI is InChI=1S/C21H25N3O4S/c1-4-28-21-9-7-6-8-18(21)20-14-19(22-24(20)15(3)25)16-10-12-17(13-11-16)23-29(26,27)5-2/h6-13,20,23H,4-5,14H2,1-3H3/t20-/m0/s1. The molecule has 3 rings (SSSR count). The van der Waals surface area contributed by atoms with Gasteiger partial charge in [-0.25, -0.2) is 13.4 Å². The molecular weight excluding hydrogens is 390 g/mol. The third-order valence-corrected chi connectivity index (χ3v) is 5.99. The van der Waals surface area contributed by atoms with E-state index in [1.807, 2.05) is 43.3 Å². The van der Waals surface area contributed by atoms with Crippen molar-refractivity contribution in [2.75, 3.05) is 17.1 Å². The number of para-hydroxylation sites is 1. The van der Waals surface area contributed by atoms with Crippen LogP contribution in [0.3, 0.4) is 0 Å². The third-order valence-electron chi connectivity index (χ3n) is 4.68. The predicted octanol–water partition coefficient (Wildman–Crippen LogP) is 3.54. The van der Waals surface area contributed by atoms with E-state index in [-0.39, 0.29) is 17.7 Å². The van der Waals surface area contributed by atoms with Crippen LogP contribution in [0.4, 0.5) is 5.69 Å². The second-order valence-electron chi connectivity index (χ2n) is 6.68. The van der Waals surface area contributed by atoms with Crippen LogP contribution in [-0.2, 0) is 14.8 Å². The summed E-state index contributed by atoms with van der Waals surface area (Å²) in [7, 11) is -3.33. The van der Waals surface area contributed by atoms with Crippen molar-refractivity contribution in [3.05, 3.63) is 59.7 Å². The summed E-state index contributed by atoms with van der Waals surface area (Å²) in [6.07, 6.45) is 0.545. The van der Waals surface area contributed by atoms with Gasteiger partial charge in [-0.15, -0.1) is 0 Å². The molecule has 0 aliphatic carbocycles. The van der Waals surface area contributed by atoms with Crippen LogP contribution in [0, 0.1) is 0 Å². The summed E-state index contributed by atoms with van der Waals surface area (Å²) in [6.45, 7) is 5.53. The quantitative estimate of drug-likeness (QED) is 0.749. The molecule has 29 heavy (non-hydrogen) atoms. The molecular formula is C21H25N3O4S. The highest BCUT2D eigenvalue weighted by Gasteiger charge is 2.33. The topological polar surface area (TPSA) is 88.1 Å². The van der Waals surface area contributed by atoms with E-state index in [0.29, 0.717) is 18.7 Å². The Balaban J connectivity index is 1.87. The summed E-state index contributed by atoms with van der Waals surface area (Å²) < 4.78 is 31.7. The second-order valence-corrected chi connectivity index (χ2v) is 8.69. The lowest BCUT2D eigenvalue weighted by atomic mass is 9.97. The van der Waals surface area contributed by atoms with Crippen LogP contribution in [0.15, 0.2) is 53.6 Å². The normalized spacial score (nSPS) is 16.4. The maximum absolute atomic E-state index is 12.2. The van der Waals surface area contributed by atoms with Crippen molar-refractivity contribution in [3.63, 3.8) is 0 Å². The molecule has 0 saturated carbocycles. The number of carbonyl (C=O) groups excluding carboxylic acids is 1. The van der Waals surface area contributed by atoms with Crippen molar-refractivity contribution >= 4 is 27.3 Å². The summed E-state index contributed by atoms with van der Waals surface area (Å²) in [5, 5.41) is 6.03. The third kappa shape index (κ3) is 4.76. The lowest BCUT2D eigenvalue weighted by Crippen LogP contribution is -2.24. The van der Waals surface area contributed by atoms with Crippen molar-refractivity contribution in [3.8, 4) is 5.75 Å². The summed E-state index contributed by atoms with van der Waals surface area (Å²) in [6, 6.07) is 14.4. The molecule has 1 heterocycles. The first-order valence-corrected chi connectivity index (χ1v) is 11.2. The Morgan fingerprint density at radius 3 is 2.48 bits per heavy atom. The molecule has 1 aliphatic rings. The number of sulfonamides is 1. The molecule has 0 unspecified atom stereocenters. The van der Waals surface area contributed by atoms with Crippen LogP contribution in [0.5, 0.6) is 5.75 Å². The highest BCUT2D eigenvalue weighted by molar-refractivity contribution is 7.92. The molecule has 2 aromatic rings. The van der Waals surface area contributed by atoms with Gasteiger partial charge in [0.15, 0.2) is 0 Å². The van der Waals surface area contributed by atoms with Crippen molar-refractivity contribution in [1.82, 2.24) is 5.01 Å². The molecule has 0 fully saturated rings. The van der Waals surface area contributed by atoms with Gasteiger partial charge in [-0.2, -0.15) is 5.10 Å². The summed E-state index contributed by atoms with van der Waals surface area (Å²) >= 11 is 0. The predicted molar refractivity (Wildman–Crippen MR) is 114 cm³/mol. The monoisotopic (exact) mass is 415 g/mol. The zero-order valence-corrected chi connectivity index (χ0v) is 17.6. The zero-order valence-electron chi connectivity index (χ0n) is 16.8. The fourth-order valence-corrected chi connectivity index (χ4v) is 3.88.